The number of benzene rings is 2. The van der Waals surface area contributed by atoms with Crippen LogP contribution in [0.15, 0.2) is 58.2 Å². The lowest BCUT2D eigenvalue weighted by Crippen LogP contribution is -2.29. The third-order valence-electron chi connectivity index (χ3n) is 4.30. The second-order valence-electron chi connectivity index (χ2n) is 7.03. The summed E-state index contributed by atoms with van der Waals surface area (Å²) < 4.78 is 51.1. The number of amides is 1. The van der Waals surface area contributed by atoms with Crippen molar-refractivity contribution in [3.05, 3.63) is 64.6 Å². The number of para-hydroxylation sites is 1. The summed E-state index contributed by atoms with van der Waals surface area (Å²) in [6.45, 7) is 4.03. The second-order valence-corrected chi connectivity index (χ2v) is 8.92. The fraction of sp³-hybridized carbons (Fsp3) is 0.250. The summed E-state index contributed by atoms with van der Waals surface area (Å²) >= 11 is 0. The van der Waals surface area contributed by atoms with Crippen LogP contribution < -0.4 is 10.9 Å². The molecular weight excluding hydrogens is 416 g/mol. The van der Waals surface area contributed by atoms with Crippen LogP contribution in [0.25, 0.3) is 10.8 Å². The van der Waals surface area contributed by atoms with Gasteiger partial charge in [-0.05, 0) is 24.1 Å². The zero-order chi connectivity index (χ0) is 22.1. The molecule has 7 nitrogen and oxygen atoms in total. The van der Waals surface area contributed by atoms with Crippen molar-refractivity contribution in [3.63, 3.8) is 0 Å². The number of hydrogen-bond donors (Lipinski definition) is 1. The summed E-state index contributed by atoms with van der Waals surface area (Å²) in [6, 6.07) is 11.3. The number of halogens is 2. The minimum absolute atomic E-state index is 0.0733. The second kappa shape index (κ2) is 8.31. The summed E-state index contributed by atoms with van der Waals surface area (Å²) in [5, 5.41) is 7.05. The molecule has 0 unspecified atom stereocenters. The first-order valence-corrected chi connectivity index (χ1v) is 10.6. The van der Waals surface area contributed by atoms with Crippen LogP contribution in [0, 0.1) is 5.92 Å². The third kappa shape index (κ3) is 4.09. The van der Waals surface area contributed by atoms with Crippen LogP contribution in [0.4, 0.5) is 14.5 Å². The molecule has 158 valence electrons. The van der Waals surface area contributed by atoms with Gasteiger partial charge < -0.3 is 5.32 Å². The monoisotopic (exact) mass is 435 g/mol. The molecule has 0 aliphatic carbocycles. The molecule has 0 aliphatic rings. The highest BCUT2D eigenvalue weighted by Gasteiger charge is 2.30. The number of aromatic nitrogens is 2. The quantitative estimate of drug-likeness (QED) is 0.641. The summed E-state index contributed by atoms with van der Waals surface area (Å²) in [6.07, 6.45) is 0. The summed E-state index contributed by atoms with van der Waals surface area (Å²) in [7, 11) is -4.93. The normalized spacial score (nSPS) is 11.9. The van der Waals surface area contributed by atoms with Gasteiger partial charge in [0.15, 0.2) is 5.69 Å². The molecule has 0 radical (unpaired) electrons. The number of nitrogens with zero attached hydrogens (tertiary/aromatic N) is 2. The van der Waals surface area contributed by atoms with E-state index in [0.29, 0.717) is 0 Å². The number of nitrogens with one attached hydrogen (secondary N) is 1. The van der Waals surface area contributed by atoms with E-state index in [-0.39, 0.29) is 40.2 Å². The van der Waals surface area contributed by atoms with Gasteiger partial charge in [-0.3, -0.25) is 9.59 Å². The molecular formula is C20H19F2N3O4S. The predicted molar refractivity (Wildman–Crippen MR) is 108 cm³/mol. The van der Waals surface area contributed by atoms with E-state index in [4.69, 9.17) is 0 Å². The summed E-state index contributed by atoms with van der Waals surface area (Å²) in [5.41, 5.74) is -0.776. The van der Waals surface area contributed by atoms with E-state index >= 15 is 0 Å². The van der Waals surface area contributed by atoms with Gasteiger partial charge in [0, 0.05) is 11.9 Å². The van der Waals surface area contributed by atoms with Gasteiger partial charge in [-0.15, -0.1) is 0 Å². The van der Waals surface area contributed by atoms with Crippen molar-refractivity contribution in [2.45, 2.75) is 31.0 Å². The fourth-order valence-corrected chi connectivity index (χ4v) is 3.85. The van der Waals surface area contributed by atoms with Gasteiger partial charge in [0.2, 0.25) is 9.84 Å². The Balaban J connectivity index is 2.12. The number of carbonyl (C=O) groups excluding carboxylic acids is 1. The van der Waals surface area contributed by atoms with Crippen LogP contribution in [-0.2, 0) is 16.4 Å². The fourth-order valence-electron chi connectivity index (χ4n) is 2.97. The van der Waals surface area contributed by atoms with E-state index in [0.717, 1.165) is 6.07 Å². The molecule has 0 saturated heterocycles. The Labute approximate surface area is 171 Å². The van der Waals surface area contributed by atoms with Crippen molar-refractivity contribution < 1.29 is 22.0 Å². The molecule has 0 fully saturated rings. The number of fused-ring (bicyclic) bond motifs is 1. The van der Waals surface area contributed by atoms with Gasteiger partial charge in [-0.25, -0.2) is 13.1 Å². The highest BCUT2D eigenvalue weighted by atomic mass is 32.2. The molecule has 30 heavy (non-hydrogen) atoms. The van der Waals surface area contributed by atoms with Crippen LogP contribution in [0.3, 0.4) is 0 Å². The van der Waals surface area contributed by atoms with E-state index in [1.54, 1.807) is 24.3 Å². The SMILES string of the molecule is CC(C)Cn1nc(C(=O)Nc2ccccc2S(=O)(=O)C(F)F)c2ccccc2c1=O. The molecule has 0 saturated carbocycles. The maximum absolute atomic E-state index is 13.0. The van der Waals surface area contributed by atoms with Crippen LogP contribution in [0.5, 0.6) is 0 Å². The van der Waals surface area contributed by atoms with Gasteiger partial charge in [0.1, 0.15) is 0 Å². The first-order valence-electron chi connectivity index (χ1n) is 9.05. The van der Waals surface area contributed by atoms with Crippen LogP contribution in [0.1, 0.15) is 24.3 Å². The van der Waals surface area contributed by atoms with E-state index in [1.165, 1.54) is 22.9 Å². The number of anilines is 1. The molecule has 1 amide bonds. The molecule has 0 spiro atoms. The zero-order valence-corrected chi connectivity index (χ0v) is 17.0. The molecule has 3 aromatic rings. The molecule has 0 bridgehead atoms. The van der Waals surface area contributed by atoms with E-state index in [2.05, 4.69) is 10.4 Å². The Kier molecular flexibility index (Phi) is 5.97. The van der Waals surface area contributed by atoms with Crippen molar-refractivity contribution in [3.8, 4) is 0 Å². The lowest BCUT2D eigenvalue weighted by molar-refractivity contribution is 0.102. The van der Waals surface area contributed by atoms with Gasteiger partial charge in [-0.2, -0.15) is 13.9 Å². The number of alkyl halides is 2. The van der Waals surface area contributed by atoms with Crippen molar-refractivity contribution in [2.75, 3.05) is 5.32 Å². The highest BCUT2D eigenvalue weighted by Crippen LogP contribution is 2.27. The molecule has 1 aromatic heterocycles. The largest absolute Gasteiger partial charge is 0.341 e. The van der Waals surface area contributed by atoms with Crippen LogP contribution in [-0.4, -0.2) is 29.9 Å². The van der Waals surface area contributed by atoms with Gasteiger partial charge in [-0.1, -0.05) is 44.2 Å². The van der Waals surface area contributed by atoms with E-state index in [1.807, 2.05) is 13.8 Å². The molecule has 0 atom stereocenters. The molecule has 3 rings (SSSR count). The van der Waals surface area contributed by atoms with Crippen molar-refractivity contribution in [2.24, 2.45) is 5.92 Å². The maximum Gasteiger partial charge on any atom is 0.341 e. The number of rotatable bonds is 6. The summed E-state index contributed by atoms with van der Waals surface area (Å²) in [5.74, 6) is -4.38. The lowest BCUT2D eigenvalue weighted by Gasteiger charge is -2.14. The average molecular weight is 435 g/mol. The Hall–Kier alpha value is -3.14. The molecule has 1 N–H and O–H groups in total. The average Bonchev–Trinajstić information content (AvgIpc) is 2.70. The van der Waals surface area contributed by atoms with Crippen molar-refractivity contribution in [1.29, 1.82) is 0 Å². The Morgan fingerprint density at radius 3 is 2.30 bits per heavy atom. The first kappa shape index (κ1) is 21.6. The van der Waals surface area contributed by atoms with Crippen LogP contribution in [0.2, 0.25) is 0 Å². The Bertz CT molecular complexity index is 1270. The van der Waals surface area contributed by atoms with E-state index < -0.39 is 26.4 Å². The Morgan fingerprint density at radius 2 is 1.67 bits per heavy atom. The topological polar surface area (TPSA) is 98.1 Å². The standard InChI is InChI=1S/C20H19F2N3O4S/c1-12(2)11-25-19(27)14-8-4-3-7-13(14)17(24-25)18(26)23-15-9-5-6-10-16(15)30(28,29)20(21)22/h3-10,12,20H,11H2,1-2H3,(H,23,26). The predicted octanol–water partition coefficient (Wildman–Crippen LogP) is 3.30. The summed E-state index contributed by atoms with van der Waals surface area (Å²) in [4.78, 5) is 24.9. The molecule has 0 aliphatic heterocycles. The van der Waals surface area contributed by atoms with Gasteiger partial charge in [0.25, 0.3) is 11.5 Å². The first-order chi connectivity index (χ1) is 14.1. The minimum Gasteiger partial charge on any atom is -0.319 e. The van der Waals surface area contributed by atoms with Gasteiger partial charge in [0.05, 0.1) is 16.0 Å². The molecule has 1 heterocycles. The maximum atomic E-state index is 13.0. The third-order valence-corrected chi connectivity index (χ3v) is 5.74. The molecule has 10 heteroatoms. The Morgan fingerprint density at radius 1 is 1.07 bits per heavy atom. The smallest absolute Gasteiger partial charge is 0.319 e. The molecule has 2 aromatic carbocycles. The van der Waals surface area contributed by atoms with E-state index in [9.17, 15) is 26.8 Å². The number of carbonyl (C=O) groups is 1. The van der Waals surface area contributed by atoms with Crippen molar-refractivity contribution in [1.82, 2.24) is 9.78 Å². The van der Waals surface area contributed by atoms with Gasteiger partial charge >= 0.3 is 5.76 Å². The number of sulfone groups is 1. The van der Waals surface area contributed by atoms with Crippen LogP contribution >= 0.6 is 0 Å². The zero-order valence-electron chi connectivity index (χ0n) is 16.2. The van der Waals surface area contributed by atoms with Crippen molar-refractivity contribution >= 4 is 32.2 Å². The highest BCUT2D eigenvalue weighted by molar-refractivity contribution is 7.91. The lowest BCUT2D eigenvalue weighted by atomic mass is 10.1. The number of hydrogen-bond acceptors (Lipinski definition) is 5. The minimum atomic E-state index is -4.93.